The van der Waals surface area contributed by atoms with Crippen LogP contribution < -0.4 is 16.2 Å². The molecule has 0 spiro atoms. The molecule has 3 N–H and O–H groups in total. The number of halogens is 1. The Morgan fingerprint density at radius 2 is 1.86 bits per heavy atom. The molecule has 0 aliphatic heterocycles. The van der Waals surface area contributed by atoms with E-state index in [1.807, 2.05) is 38.1 Å². The van der Waals surface area contributed by atoms with Gasteiger partial charge in [-0.2, -0.15) is 5.10 Å². The molecule has 22 heavy (non-hydrogen) atoms. The van der Waals surface area contributed by atoms with E-state index in [2.05, 4.69) is 37.2 Å². The quantitative estimate of drug-likeness (QED) is 0.550. The van der Waals surface area contributed by atoms with E-state index in [4.69, 9.17) is 12.2 Å². The summed E-state index contributed by atoms with van der Waals surface area (Å²) in [5.74, 6) is -0.372. The number of aromatic nitrogens is 2. The molecule has 2 aromatic rings. The lowest BCUT2D eigenvalue weighted by molar-refractivity contribution is 0.0937. The number of carbonyl (C=O) groups excluding carboxylic acids is 1. The molecule has 1 amide bonds. The summed E-state index contributed by atoms with van der Waals surface area (Å²) in [5, 5.41) is 7.40. The highest BCUT2D eigenvalue weighted by Crippen LogP contribution is 2.19. The zero-order chi connectivity index (χ0) is 16.3. The molecule has 0 aliphatic rings. The first-order chi connectivity index (χ1) is 10.4. The van der Waals surface area contributed by atoms with Gasteiger partial charge in [0.25, 0.3) is 5.91 Å². The van der Waals surface area contributed by atoms with Crippen molar-refractivity contribution in [2.75, 3.05) is 5.32 Å². The first-order valence-corrected chi connectivity index (χ1v) is 7.71. The molecule has 0 bridgehead atoms. The van der Waals surface area contributed by atoms with E-state index in [1.165, 1.54) is 0 Å². The first kappa shape index (κ1) is 16.4. The van der Waals surface area contributed by atoms with Crippen molar-refractivity contribution in [2.45, 2.75) is 13.8 Å². The summed E-state index contributed by atoms with van der Waals surface area (Å²) >= 11 is 8.48. The standard InChI is InChI=1S/C14H16BrN5OS/c1-8-4-6-10(7-5-8)16-14(22)18-17-13(21)12-11(15)9(2)20(3)19-12/h4-7H,1-3H3,(H,17,21)(H2,16,18,22). The zero-order valence-corrected chi connectivity index (χ0v) is 14.8. The highest BCUT2D eigenvalue weighted by Gasteiger charge is 2.17. The number of nitrogens with one attached hydrogen (secondary N) is 3. The molecular formula is C14H16BrN5OS. The predicted molar refractivity (Wildman–Crippen MR) is 93.6 cm³/mol. The van der Waals surface area contributed by atoms with Gasteiger partial charge >= 0.3 is 0 Å². The second-order valence-electron chi connectivity index (χ2n) is 4.77. The molecule has 116 valence electrons. The van der Waals surface area contributed by atoms with Crippen LogP contribution in [0, 0.1) is 13.8 Å². The Bertz CT molecular complexity index is 711. The van der Waals surface area contributed by atoms with Gasteiger partial charge in [0.2, 0.25) is 0 Å². The fourth-order valence-electron chi connectivity index (χ4n) is 1.70. The number of carbonyl (C=O) groups is 1. The van der Waals surface area contributed by atoms with Gasteiger partial charge in [-0.3, -0.25) is 20.3 Å². The van der Waals surface area contributed by atoms with Crippen LogP contribution in [0.15, 0.2) is 28.7 Å². The van der Waals surface area contributed by atoms with Crippen molar-refractivity contribution in [3.8, 4) is 0 Å². The van der Waals surface area contributed by atoms with Crippen molar-refractivity contribution in [3.05, 3.63) is 45.7 Å². The smallest absolute Gasteiger partial charge is 0.291 e. The minimum atomic E-state index is -0.372. The van der Waals surface area contributed by atoms with Crippen LogP contribution in [-0.2, 0) is 7.05 Å². The minimum Gasteiger partial charge on any atom is -0.331 e. The summed E-state index contributed by atoms with van der Waals surface area (Å²) in [5.41, 5.74) is 8.33. The maximum absolute atomic E-state index is 12.1. The fourth-order valence-corrected chi connectivity index (χ4v) is 2.38. The van der Waals surface area contributed by atoms with Gasteiger partial charge in [0.05, 0.1) is 10.2 Å². The van der Waals surface area contributed by atoms with Crippen LogP contribution in [0.25, 0.3) is 0 Å². The van der Waals surface area contributed by atoms with E-state index in [-0.39, 0.29) is 5.91 Å². The number of thiocarbonyl (C=S) groups is 1. The van der Waals surface area contributed by atoms with Crippen LogP contribution in [-0.4, -0.2) is 20.8 Å². The molecule has 0 aliphatic carbocycles. The van der Waals surface area contributed by atoms with Crippen molar-refractivity contribution in [1.29, 1.82) is 0 Å². The second kappa shape index (κ2) is 6.89. The number of amides is 1. The zero-order valence-electron chi connectivity index (χ0n) is 12.4. The number of nitrogens with zero attached hydrogens (tertiary/aromatic N) is 2. The number of hydrogen-bond donors (Lipinski definition) is 3. The maximum atomic E-state index is 12.1. The van der Waals surface area contributed by atoms with Gasteiger partial charge in [0.1, 0.15) is 0 Å². The van der Waals surface area contributed by atoms with E-state index < -0.39 is 0 Å². The van der Waals surface area contributed by atoms with E-state index in [1.54, 1.807) is 11.7 Å². The highest BCUT2D eigenvalue weighted by molar-refractivity contribution is 9.10. The van der Waals surface area contributed by atoms with Crippen LogP contribution in [0.2, 0.25) is 0 Å². The Hall–Kier alpha value is -1.93. The lowest BCUT2D eigenvalue weighted by atomic mass is 10.2. The third-order valence-corrected chi connectivity index (χ3v) is 4.23. The van der Waals surface area contributed by atoms with E-state index in [9.17, 15) is 4.79 Å². The molecule has 8 heteroatoms. The van der Waals surface area contributed by atoms with Gasteiger partial charge in [-0.1, -0.05) is 17.7 Å². The van der Waals surface area contributed by atoms with Crippen LogP contribution >= 0.6 is 28.1 Å². The van der Waals surface area contributed by atoms with Crippen LogP contribution in [0.3, 0.4) is 0 Å². The summed E-state index contributed by atoms with van der Waals surface area (Å²) in [7, 11) is 1.77. The molecular weight excluding hydrogens is 366 g/mol. The monoisotopic (exact) mass is 381 g/mol. The molecule has 6 nitrogen and oxygen atoms in total. The van der Waals surface area contributed by atoms with Crippen LogP contribution in [0.4, 0.5) is 5.69 Å². The molecule has 0 saturated carbocycles. The Labute approximate surface area is 142 Å². The molecule has 1 heterocycles. The Morgan fingerprint density at radius 1 is 1.23 bits per heavy atom. The van der Waals surface area contributed by atoms with E-state index >= 15 is 0 Å². The number of anilines is 1. The third kappa shape index (κ3) is 3.83. The summed E-state index contributed by atoms with van der Waals surface area (Å²) in [6.07, 6.45) is 0. The molecule has 0 unspecified atom stereocenters. The van der Waals surface area contributed by atoms with Crippen LogP contribution in [0.5, 0.6) is 0 Å². The fraction of sp³-hybridized carbons (Fsp3) is 0.214. The number of rotatable bonds is 2. The van der Waals surface area contributed by atoms with Crippen molar-refractivity contribution in [1.82, 2.24) is 20.6 Å². The number of aryl methyl sites for hydroxylation is 2. The summed E-state index contributed by atoms with van der Waals surface area (Å²) in [4.78, 5) is 12.1. The normalized spacial score (nSPS) is 10.2. The number of hydrogen-bond acceptors (Lipinski definition) is 3. The summed E-state index contributed by atoms with van der Waals surface area (Å²) < 4.78 is 2.29. The third-order valence-electron chi connectivity index (χ3n) is 3.08. The topological polar surface area (TPSA) is 71.0 Å². The lowest BCUT2D eigenvalue weighted by Gasteiger charge is -2.11. The minimum absolute atomic E-state index is 0.293. The molecule has 0 radical (unpaired) electrons. The van der Waals surface area contributed by atoms with Gasteiger partial charge in [-0.25, -0.2) is 0 Å². The van der Waals surface area contributed by atoms with Crippen molar-refractivity contribution in [2.24, 2.45) is 7.05 Å². The second-order valence-corrected chi connectivity index (χ2v) is 5.97. The van der Waals surface area contributed by atoms with Crippen LogP contribution in [0.1, 0.15) is 21.7 Å². The molecule has 0 fully saturated rings. The largest absolute Gasteiger partial charge is 0.331 e. The lowest BCUT2D eigenvalue weighted by Crippen LogP contribution is -2.44. The first-order valence-electron chi connectivity index (χ1n) is 6.51. The average molecular weight is 382 g/mol. The van der Waals surface area contributed by atoms with E-state index in [0.29, 0.717) is 15.3 Å². The molecule has 1 aromatic carbocycles. The summed E-state index contributed by atoms with van der Waals surface area (Å²) in [6.45, 7) is 3.87. The number of hydrazine groups is 1. The van der Waals surface area contributed by atoms with Crippen molar-refractivity contribution >= 4 is 44.9 Å². The van der Waals surface area contributed by atoms with Gasteiger partial charge < -0.3 is 5.32 Å². The molecule has 0 saturated heterocycles. The van der Waals surface area contributed by atoms with Gasteiger partial charge in [0.15, 0.2) is 10.8 Å². The number of benzene rings is 1. The van der Waals surface area contributed by atoms with E-state index in [0.717, 1.165) is 16.9 Å². The average Bonchev–Trinajstić information content (AvgIpc) is 2.75. The Kier molecular flexibility index (Phi) is 5.15. The summed E-state index contributed by atoms with van der Waals surface area (Å²) in [6, 6.07) is 7.75. The van der Waals surface area contributed by atoms with Crippen molar-refractivity contribution < 1.29 is 4.79 Å². The highest BCUT2D eigenvalue weighted by atomic mass is 79.9. The molecule has 1 aromatic heterocycles. The Morgan fingerprint density at radius 3 is 2.41 bits per heavy atom. The maximum Gasteiger partial charge on any atom is 0.291 e. The Balaban J connectivity index is 1.91. The van der Waals surface area contributed by atoms with Gasteiger partial charge in [-0.15, -0.1) is 0 Å². The molecule has 2 rings (SSSR count). The molecule has 0 atom stereocenters. The van der Waals surface area contributed by atoms with Crippen molar-refractivity contribution in [3.63, 3.8) is 0 Å². The van der Waals surface area contributed by atoms with Gasteiger partial charge in [0, 0.05) is 12.7 Å². The SMILES string of the molecule is Cc1ccc(NC(=S)NNC(=O)c2nn(C)c(C)c2Br)cc1. The predicted octanol–water partition coefficient (Wildman–Crippen LogP) is 2.43. The van der Waals surface area contributed by atoms with Gasteiger partial charge in [-0.05, 0) is 54.1 Å².